The van der Waals surface area contributed by atoms with Crippen LogP contribution in [0.3, 0.4) is 0 Å². The zero-order chi connectivity index (χ0) is 20.1. The molecule has 2 aromatic rings. The van der Waals surface area contributed by atoms with Crippen LogP contribution in [0, 0.1) is 0 Å². The first kappa shape index (κ1) is 20.4. The van der Waals surface area contributed by atoms with Crippen LogP contribution in [0.1, 0.15) is 31.4 Å². The highest BCUT2D eigenvalue weighted by atomic mass is 79.9. The van der Waals surface area contributed by atoms with Gasteiger partial charge in [0.1, 0.15) is 5.75 Å². The van der Waals surface area contributed by atoms with Gasteiger partial charge < -0.3 is 20.3 Å². The third-order valence-corrected chi connectivity index (χ3v) is 5.38. The van der Waals surface area contributed by atoms with Gasteiger partial charge in [0.15, 0.2) is 0 Å². The molecule has 2 N–H and O–H groups in total. The average Bonchev–Trinajstić information content (AvgIpc) is 3.12. The number of benzene rings is 2. The van der Waals surface area contributed by atoms with E-state index in [1.165, 1.54) is 0 Å². The minimum absolute atomic E-state index is 0.00140. The number of nitrogens with one attached hydrogen (secondary N) is 2. The SMILES string of the molecule is COc1ccc(C(C)NCC(=O)Nc2cccc(N3CCCC3=O)c2)cc1Br. The summed E-state index contributed by atoms with van der Waals surface area (Å²) in [6.07, 6.45) is 1.46. The fourth-order valence-electron chi connectivity index (χ4n) is 3.19. The van der Waals surface area contributed by atoms with Gasteiger partial charge in [0.2, 0.25) is 11.8 Å². The summed E-state index contributed by atoms with van der Waals surface area (Å²) in [6, 6.07) is 13.2. The Bertz CT molecular complexity index is 872. The Balaban J connectivity index is 1.55. The van der Waals surface area contributed by atoms with Crippen LogP contribution >= 0.6 is 15.9 Å². The van der Waals surface area contributed by atoms with E-state index in [2.05, 4.69) is 26.6 Å². The third kappa shape index (κ3) is 4.91. The maximum absolute atomic E-state index is 12.3. The highest BCUT2D eigenvalue weighted by Gasteiger charge is 2.21. The molecule has 3 rings (SSSR count). The van der Waals surface area contributed by atoms with Gasteiger partial charge in [-0.1, -0.05) is 12.1 Å². The third-order valence-electron chi connectivity index (χ3n) is 4.76. The molecule has 2 amide bonds. The number of hydrogen-bond acceptors (Lipinski definition) is 4. The van der Waals surface area contributed by atoms with Crippen molar-refractivity contribution < 1.29 is 14.3 Å². The first-order valence-electron chi connectivity index (χ1n) is 9.25. The number of ether oxygens (including phenoxy) is 1. The Morgan fingerprint density at radius 2 is 2.11 bits per heavy atom. The number of rotatable bonds is 7. The number of nitrogens with zero attached hydrogens (tertiary/aromatic N) is 1. The van der Waals surface area contributed by atoms with E-state index in [0.29, 0.717) is 12.1 Å². The number of anilines is 2. The van der Waals surface area contributed by atoms with Gasteiger partial charge in [-0.25, -0.2) is 0 Å². The summed E-state index contributed by atoms with van der Waals surface area (Å²) in [6.45, 7) is 2.91. The lowest BCUT2D eigenvalue weighted by Crippen LogP contribution is -2.30. The summed E-state index contributed by atoms with van der Waals surface area (Å²) in [7, 11) is 1.63. The molecule has 0 bridgehead atoms. The van der Waals surface area contributed by atoms with Gasteiger partial charge in [0, 0.05) is 30.4 Å². The van der Waals surface area contributed by atoms with E-state index in [0.717, 1.165) is 34.4 Å². The number of amides is 2. The molecule has 148 valence electrons. The molecular formula is C21H24BrN3O3. The molecule has 28 heavy (non-hydrogen) atoms. The lowest BCUT2D eigenvalue weighted by Gasteiger charge is -2.17. The fourth-order valence-corrected chi connectivity index (χ4v) is 3.75. The summed E-state index contributed by atoms with van der Waals surface area (Å²) in [4.78, 5) is 26.0. The Morgan fingerprint density at radius 3 is 2.79 bits per heavy atom. The van der Waals surface area contributed by atoms with Gasteiger partial charge >= 0.3 is 0 Å². The highest BCUT2D eigenvalue weighted by Crippen LogP contribution is 2.28. The molecule has 1 atom stereocenters. The van der Waals surface area contributed by atoms with Crippen molar-refractivity contribution in [1.82, 2.24) is 5.32 Å². The molecule has 0 spiro atoms. The molecule has 2 aromatic carbocycles. The quantitative estimate of drug-likeness (QED) is 0.678. The van der Waals surface area contributed by atoms with Crippen LogP contribution in [0.2, 0.25) is 0 Å². The molecule has 1 heterocycles. The van der Waals surface area contributed by atoms with E-state index in [-0.39, 0.29) is 24.4 Å². The molecule has 1 saturated heterocycles. The molecule has 0 saturated carbocycles. The number of carbonyl (C=O) groups excluding carboxylic acids is 2. The largest absolute Gasteiger partial charge is 0.496 e. The Morgan fingerprint density at radius 1 is 1.29 bits per heavy atom. The molecule has 0 radical (unpaired) electrons. The van der Waals surface area contributed by atoms with Crippen molar-refractivity contribution in [2.24, 2.45) is 0 Å². The first-order valence-corrected chi connectivity index (χ1v) is 10.0. The fraction of sp³-hybridized carbons (Fsp3) is 0.333. The van der Waals surface area contributed by atoms with Gasteiger partial charge in [-0.2, -0.15) is 0 Å². The number of carbonyl (C=O) groups is 2. The number of hydrogen-bond donors (Lipinski definition) is 2. The summed E-state index contributed by atoms with van der Waals surface area (Å²) < 4.78 is 6.12. The molecule has 1 unspecified atom stereocenters. The zero-order valence-electron chi connectivity index (χ0n) is 16.0. The molecular weight excluding hydrogens is 422 g/mol. The van der Waals surface area contributed by atoms with E-state index in [1.807, 2.05) is 49.4 Å². The predicted octanol–water partition coefficient (Wildman–Crippen LogP) is 3.87. The molecule has 1 aliphatic heterocycles. The maximum atomic E-state index is 12.3. The van der Waals surface area contributed by atoms with E-state index >= 15 is 0 Å². The van der Waals surface area contributed by atoms with Crippen molar-refractivity contribution >= 4 is 39.1 Å². The number of halogens is 1. The van der Waals surface area contributed by atoms with Gasteiger partial charge in [-0.15, -0.1) is 0 Å². The molecule has 1 fully saturated rings. The highest BCUT2D eigenvalue weighted by molar-refractivity contribution is 9.10. The van der Waals surface area contributed by atoms with Gasteiger partial charge in [0.25, 0.3) is 0 Å². The predicted molar refractivity (Wildman–Crippen MR) is 114 cm³/mol. The van der Waals surface area contributed by atoms with Crippen LogP contribution in [0.5, 0.6) is 5.75 Å². The molecule has 6 nitrogen and oxygen atoms in total. The van der Waals surface area contributed by atoms with Crippen molar-refractivity contribution in [3.8, 4) is 5.75 Å². The standard InChI is InChI=1S/C21H24BrN3O3/c1-14(15-8-9-19(28-2)18(22)11-15)23-13-20(26)24-16-5-3-6-17(12-16)25-10-4-7-21(25)27/h3,5-6,8-9,11-12,14,23H,4,7,10,13H2,1-2H3,(H,24,26). The average molecular weight is 446 g/mol. The monoisotopic (exact) mass is 445 g/mol. The minimum Gasteiger partial charge on any atom is -0.496 e. The van der Waals surface area contributed by atoms with Crippen LogP contribution in [0.4, 0.5) is 11.4 Å². The van der Waals surface area contributed by atoms with E-state index in [4.69, 9.17) is 4.74 Å². The lowest BCUT2D eigenvalue weighted by atomic mass is 10.1. The molecule has 0 aliphatic carbocycles. The second-order valence-corrected chi connectivity index (χ2v) is 7.60. The van der Waals surface area contributed by atoms with Crippen LogP contribution in [0.15, 0.2) is 46.9 Å². The van der Waals surface area contributed by atoms with E-state index in [1.54, 1.807) is 12.0 Å². The summed E-state index contributed by atoms with van der Waals surface area (Å²) >= 11 is 3.48. The van der Waals surface area contributed by atoms with Crippen molar-refractivity contribution in [3.05, 3.63) is 52.5 Å². The summed E-state index contributed by atoms with van der Waals surface area (Å²) in [5, 5.41) is 6.11. The van der Waals surface area contributed by atoms with Crippen molar-refractivity contribution in [2.45, 2.75) is 25.8 Å². The van der Waals surface area contributed by atoms with Crippen molar-refractivity contribution in [3.63, 3.8) is 0 Å². The van der Waals surface area contributed by atoms with Gasteiger partial charge in [0.05, 0.1) is 18.1 Å². The van der Waals surface area contributed by atoms with E-state index in [9.17, 15) is 9.59 Å². The smallest absolute Gasteiger partial charge is 0.238 e. The minimum atomic E-state index is -0.135. The summed E-state index contributed by atoms with van der Waals surface area (Å²) in [5.74, 6) is 0.763. The van der Waals surface area contributed by atoms with Crippen molar-refractivity contribution in [1.29, 1.82) is 0 Å². The van der Waals surface area contributed by atoms with E-state index < -0.39 is 0 Å². The van der Waals surface area contributed by atoms with Crippen LogP contribution < -0.4 is 20.3 Å². The first-order chi connectivity index (χ1) is 13.5. The van der Waals surface area contributed by atoms with Gasteiger partial charge in [-0.3, -0.25) is 9.59 Å². The molecule has 1 aliphatic rings. The normalized spacial score (nSPS) is 14.8. The van der Waals surface area contributed by atoms with Crippen LogP contribution in [0.25, 0.3) is 0 Å². The summed E-state index contributed by atoms with van der Waals surface area (Å²) in [5.41, 5.74) is 2.56. The second kappa shape index (κ2) is 9.21. The Kier molecular flexibility index (Phi) is 6.70. The zero-order valence-corrected chi connectivity index (χ0v) is 17.6. The second-order valence-electron chi connectivity index (χ2n) is 6.74. The molecule has 7 heteroatoms. The number of methoxy groups -OCH3 is 1. The van der Waals surface area contributed by atoms with Crippen molar-refractivity contribution in [2.75, 3.05) is 30.4 Å². The lowest BCUT2D eigenvalue weighted by molar-refractivity contribution is -0.117. The van der Waals surface area contributed by atoms with Gasteiger partial charge in [-0.05, 0) is 65.2 Å². The molecule has 0 aromatic heterocycles. The Labute approximate surface area is 173 Å². The van der Waals surface area contributed by atoms with Crippen LogP contribution in [-0.2, 0) is 9.59 Å². The topological polar surface area (TPSA) is 70.7 Å². The van der Waals surface area contributed by atoms with Crippen LogP contribution in [-0.4, -0.2) is 32.0 Å². The Hall–Kier alpha value is -2.38. The maximum Gasteiger partial charge on any atom is 0.238 e.